The fourth-order valence-electron chi connectivity index (χ4n) is 2.51. The molecule has 0 fully saturated rings. The van der Waals surface area contributed by atoms with E-state index in [1.165, 1.54) is 25.7 Å². The Bertz CT molecular complexity index is 466. The molecule has 0 bridgehead atoms. The molecule has 0 spiro atoms. The highest BCUT2D eigenvalue weighted by Gasteiger charge is 2.19. The van der Waals surface area contributed by atoms with Crippen LogP contribution in [0.15, 0.2) is 18.9 Å². The molecule has 0 aliphatic heterocycles. The highest BCUT2D eigenvalue weighted by molar-refractivity contribution is 5.64. The number of aliphatic carboxylic acids is 1. The maximum Gasteiger partial charge on any atom is 0.346 e. The van der Waals surface area contributed by atoms with E-state index in [2.05, 4.69) is 11.6 Å². The number of imidazole rings is 1. The minimum absolute atomic E-state index is 0.0693. The number of nitrogens with zero attached hydrogens (tertiary/aromatic N) is 1. The molecule has 5 heteroatoms. The number of aromatic nitrogens is 2. The molecule has 124 valence electrons. The second-order valence-electron chi connectivity index (χ2n) is 5.80. The van der Waals surface area contributed by atoms with E-state index in [4.69, 9.17) is 5.11 Å². The predicted octanol–water partition coefficient (Wildman–Crippen LogP) is 2.90. The minimum atomic E-state index is -0.871. The van der Waals surface area contributed by atoms with Gasteiger partial charge in [-0.2, -0.15) is 0 Å². The van der Waals surface area contributed by atoms with Crippen LogP contribution in [0.2, 0.25) is 0 Å². The van der Waals surface area contributed by atoms with Crippen molar-refractivity contribution >= 4 is 5.97 Å². The Balaban J connectivity index is 2.37. The van der Waals surface area contributed by atoms with Crippen LogP contribution in [-0.2, 0) is 17.8 Å². The number of hydrogen-bond acceptors (Lipinski definition) is 2. The second kappa shape index (κ2) is 10.2. The van der Waals surface area contributed by atoms with Crippen LogP contribution in [0.3, 0.4) is 0 Å². The zero-order valence-corrected chi connectivity index (χ0v) is 13.6. The average molecular weight is 309 g/mol. The lowest BCUT2D eigenvalue weighted by molar-refractivity contribution is -0.692. The summed E-state index contributed by atoms with van der Waals surface area (Å²) in [7, 11) is 0. The molecule has 0 aromatic carbocycles. The fourth-order valence-corrected chi connectivity index (χ4v) is 2.51. The van der Waals surface area contributed by atoms with Gasteiger partial charge in [-0.1, -0.05) is 31.8 Å². The molecule has 1 atom stereocenters. The van der Waals surface area contributed by atoms with Crippen molar-refractivity contribution in [1.82, 2.24) is 4.98 Å². The summed E-state index contributed by atoms with van der Waals surface area (Å²) in [6, 6.07) is 0. The molecule has 3 N–H and O–H groups in total. The third-order valence-corrected chi connectivity index (χ3v) is 3.76. The summed E-state index contributed by atoms with van der Waals surface area (Å²) in [5.74, 6) is 0.00886. The number of carbonyl (C=O) groups is 1. The van der Waals surface area contributed by atoms with Crippen molar-refractivity contribution in [3.8, 4) is 0 Å². The number of H-pyrrole nitrogens is 1. The van der Waals surface area contributed by atoms with Gasteiger partial charge in [0, 0.05) is 6.42 Å². The quantitative estimate of drug-likeness (QED) is 0.316. The largest absolute Gasteiger partial charge is 0.478 e. The van der Waals surface area contributed by atoms with Gasteiger partial charge in [0.25, 0.3) is 5.82 Å². The summed E-state index contributed by atoms with van der Waals surface area (Å²) in [5.41, 5.74) is 0.667. The number of nitrogens with one attached hydrogen (secondary N) is 1. The van der Waals surface area contributed by atoms with Crippen LogP contribution >= 0.6 is 0 Å². The molecule has 0 saturated carbocycles. The first kappa shape index (κ1) is 18.4. The molecular weight excluding hydrogens is 280 g/mol. The first-order valence-electron chi connectivity index (χ1n) is 8.16. The van der Waals surface area contributed by atoms with Gasteiger partial charge in [-0.3, -0.25) is 0 Å². The number of rotatable bonds is 12. The van der Waals surface area contributed by atoms with Gasteiger partial charge in [0.05, 0.1) is 0 Å². The van der Waals surface area contributed by atoms with E-state index >= 15 is 0 Å². The van der Waals surface area contributed by atoms with Crippen LogP contribution in [0.4, 0.5) is 0 Å². The normalized spacial score (nSPS) is 12.3. The Labute approximate surface area is 132 Å². The smallest absolute Gasteiger partial charge is 0.346 e. The van der Waals surface area contributed by atoms with Gasteiger partial charge in [0.15, 0.2) is 12.2 Å². The van der Waals surface area contributed by atoms with Crippen molar-refractivity contribution in [3.05, 3.63) is 30.4 Å². The van der Waals surface area contributed by atoms with E-state index in [9.17, 15) is 9.90 Å². The maximum absolute atomic E-state index is 10.9. The number of aromatic amines is 1. The molecule has 1 heterocycles. The standard InChI is InChI=1S/C17H28N2O3/c1-3-4-5-6-7-8-9-10-11-16-18-15(14(2)20)12-19(16)13-17(21)22/h3,12,14,20H,1,4-11,13H2,2H3,(H,21,22)/p+1. The molecule has 5 nitrogen and oxygen atoms in total. The van der Waals surface area contributed by atoms with Gasteiger partial charge < -0.3 is 10.2 Å². The predicted molar refractivity (Wildman–Crippen MR) is 85.5 cm³/mol. The zero-order valence-electron chi connectivity index (χ0n) is 13.6. The zero-order chi connectivity index (χ0) is 16.4. The lowest BCUT2D eigenvalue weighted by atomic mass is 10.1. The Hall–Kier alpha value is -1.62. The summed E-state index contributed by atoms with van der Waals surface area (Å²) in [6.45, 7) is 5.32. The number of aryl methyl sites for hydroxylation is 1. The van der Waals surface area contributed by atoms with Gasteiger partial charge in [0.1, 0.15) is 12.3 Å². The highest BCUT2D eigenvalue weighted by atomic mass is 16.4. The molecule has 0 saturated heterocycles. The van der Waals surface area contributed by atoms with Crippen molar-refractivity contribution in [1.29, 1.82) is 0 Å². The van der Waals surface area contributed by atoms with Gasteiger partial charge in [-0.25, -0.2) is 14.3 Å². The molecule has 0 aliphatic carbocycles. The molecule has 0 amide bonds. The Morgan fingerprint density at radius 2 is 1.95 bits per heavy atom. The van der Waals surface area contributed by atoms with E-state index in [0.717, 1.165) is 31.5 Å². The summed E-state index contributed by atoms with van der Waals surface area (Å²) in [6.07, 6.45) is 12.1. The van der Waals surface area contributed by atoms with E-state index in [-0.39, 0.29) is 6.54 Å². The van der Waals surface area contributed by atoms with Gasteiger partial charge >= 0.3 is 5.97 Å². The molecule has 1 aromatic rings. The first-order chi connectivity index (χ1) is 10.5. The van der Waals surface area contributed by atoms with E-state index in [1.54, 1.807) is 17.7 Å². The van der Waals surface area contributed by atoms with Crippen molar-refractivity contribution in [3.63, 3.8) is 0 Å². The Kier molecular flexibility index (Phi) is 8.51. The lowest BCUT2D eigenvalue weighted by Crippen LogP contribution is -2.40. The Morgan fingerprint density at radius 3 is 2.55 bits per heavy atom. The monoisotopic (exact) mass is 309 g/mol. The van der Waals surface area contributed by atoms with Crippen molar-refractivity contribution in [2.24, 2.45) is 0 Å². The van der Waals surface area contributed by atoms with Crippen LogP contribution in [0, 0.1) is 0 Å². The van der Waals surface area contributed by atoms with Crippen molar-refractivity contribution < 1.29 is 19.6 Å². The number of aliphatic hydroxyl groups excluding tert-OH is 1. The summed E-state index contributed by atoms with van der Waals surface area (Å²) >= 11 is 0. The number of hydrogen-bond donors (Lipinski definition) is 3. The maximum atomic E-state index is 10.9. The van der Waals surface area contributed by atoms with E-state index < -0.39 is 12.1 Å². The molecule has 1 rings (SSSR count). The molecule has 1 unspecified atom stereocenters. The van der Waals surface area contributed by atoms with Gasteiger partial charge in [-0.05, 0) is 26.2 Å². The third kappa shape index (κ3) is 6.89. The Morgan fingerprint density at radius 1 is 1.32 bits per heavy atom. The van der Waals surface area contributed by atoms with Crippen LogP contribution in [0.1, 0.15) is 69.5 Å². The van der Waals surface area contributed by atoms with Crippen LogP contribution in [-0.4, -0.2) is 21.2 Å². The van der Waals surface area contributed by atoms with Crippen LogP contribution in [0.5, 0.6) is 0 Å². The fraction of sp³-hybridized carbons (Fsp3) is 0.647. The molecule has 1 aromatic heterocycles. The first-order valence-corrected chi connectivity index (χ1v) is 8.16. The second-order valence-corrected chi connectivity index (χ2v) is 5.80. The van der Waals surface area contributed by atoms with Crippen molar-refractivity contribution in [2.75, 3.05) is 0 Å². The number of carboxylic acids is 1. The van der Waals surface area contributed by atoms with E-state index in [0.29, 0.717) is 5.69 Å². The molecule has 0 radical (unpaired) electrons. The molecule has 22 heavy (non-hydrogen) atoms. The molecular formula is C17H29N2O3+. The molecule has 0 aliphatic rings. The summed E-state index contributed by atoms with van der Waals surface area (Å²) in [4.78, 5) is 14.0. The highest BCUT2D eigenvalue weighted by Crippen LogP contribution is 2.11. The van der Waals surface area contributed by atoms with Crippen LogP contribution < -0.4 is 4.57 Å². The van der Waals surface area contributed by atoms with Gasteiger partial charge in [0.2, 0.25) is 0 Å². The number of unbranched alkanes of at least 4 members (excludes halogenated alkanes) is 6. The third-order valence-electron chi connectivity index (χ3n) is 3.76. The number of allylic oxidation sites excluding steroid dienone is 1. The average Bonchev–Trinajstić information content (AvgIpc) is 2.84. The minimum Gasteiger partial charge on any atom is -0.478 e. The number of aliphatic hydroxyl groups is 1. The summed E-state index contributed by atoms with van der Waals surface area (Å²) in [5, 5.41) is 18.6. The van der Waals surface area contributed by atoms with Gasteiger partial charge in [-0.15, -0.1) is 6.58 Å². The SMILES string of the molecule is C=CCCCCCCCCc1[nH]c(C(C)O)c[n+]1CC(=O)O. The summed E-state index contributed by atoms with van der Waals surface area (Å²) < 4.78 is 1.69. The topological polar surface area (TPSA) is 77.2 Å². The van der Waals surface area contributed by atoms with E-state index in [1.807, 2.05) is 6.08 Å². The lowest BCUT2D eigenvalue weighted by Gasteiger charge is -2.00. The van der Waals surface area contributed by atoms with Crippen LogP contribution in [0.25, 0.3) is 0 Å². The number of carboxylic acid groups (broad SMARTS) is 1. The van der Waals surface area contributed by atoms with Crippen molar-refractivity contribution in [2.45, 2.75) is 70.9 Å².